The largest absolute Gasteiger partial charge is 0.496 e. The van der Waals surface area contributed by atoms with Gasteiger partial charge in [-0.2, -0.15) is 0 Å². The average Bonchev–Trinajstić information content (AvgIpc) is 3.14. The maximum Gasteiger partial charge on any atom is 0.434 e. The summed E-state index contributed by atoms with van der Waals surface area (Å²) >= 11 is 0. The lowest BCUT2D eigenvalue weighted by atomic mass is 9.98. The van der Waals surface area contributed by atoms with Gasteiger partial charge in [0.2, 0.25) is 0 Å². The van der Waals surface area contributed by atoms with Crippen molar-refractivity contribution in [3.05, 3.63) is 70.3 Å². The van der Waals surface area contributed by atoms with Crippen molar-refractivity contribution in [2.45, 2.75) is 25.8 Å². The van der Waals surface area contributed by atoms with Crippen molar-refractivity contribution in [2.24, 2.45) is 0 Å². The number of halogens is 1. The Balaban J connectivity index is 1.76. The van der Waals surface area contributed by atoms with Gasteiger partial charge in [0.15, 0.2) is 0 Å². The van der Waals surface area contributed by atoms with Gasteiger partial charge >= 0.3 is 17.6 Å². The van der Waals surface area contributed by atoms with Gasteiger partial charge in [0.05, 0.1) is 7.11 Å². The van der Waals surface area contributed by atoms with E-state index in [4.69, 9.17) is 4.74 Å². The van der Waals surface area contributed by atoms with Gasteiger partial charge in [-0.05, 0) is 42.7 Å². The molecule has 0 fully saturated rings. The second kappa shape index (κ2) is 9.17. The zero-order valence-electron chi connectivity index (χ0n) is 16.4. The number of nitrogens with one attached hydrogen (secondary N) is 2. The predicted octanol–water partition coefficient (Wildman–Crippen LogP) is 2.50. The molecule has 3 rings (SSSR count). The zero-order valence-corrected chi connectivity index (χ0v) is 16.4. The van der Waals surface area contributed by atoms with Crippen LogP contribution < -0.4 is 15.8 Å². The number of amides is 1. The molecule has 156 valence electrons. The fourth-order valence-corrected chi connectivity index (χ4v) is 3.11. The van der Waals surface area contributed by atoms with E-state index in [9.17, 15) is 18.8 Å². The number of nitrogens with zero attached hydrogens (tertiary/aromatic N) is 1. The van der Waals surface area contributed by atoms with Gasteiger partial charge in [-0.25, -0.2) is 14.3 Å². The summed E-state index contributed by atoms with van der Waals surface area (Å²) in [6.45, 7) is 1.42. The van der Waals surface area contributed by atoms with E-state index in [1.54, 1.807) is 6.07 Å². The van der Waals surface area contributed by atoms with Crippen LogP contribution >= 0.6 is 0 Å². The van der Waals surface area contributed by atoms with Crippen molar-refractivity contribution in [1.29, 1.82) is 0 Å². The van der Waals surface area contributed by atoms with Crippen molar-refractivity contribution in [1.82, 2.24) is 15.5 Å². The third-order valence-corrected chi connectivity index (χ3v) is 4.41. The molecule has 0 unspecified atom stereocenters. The van der Waals surface area contributed by atoms with Gasteiger partial charge in [-0.3, -0.25) is 9.59 Å². The van der Waals surface area contributed by atoms with Crippen LogP contribution in [-0.4, -0.2) is 35.0 Å². The molecule has 8 nitrogen and oxygen atoms in total. The van der Waals surface area contributed by atoms with Crippen LogP contribution in [-0.2, 0) is 11.2 Å². The standard InChI is InChI=1S/C21H20FN3O5/c1-12(26)9-16(23-19(27)20-24-25-21(28)30-20)10-13-3-5-14(6-4-13)17-11-15(22)7-8-18(17)29-2/h3-8,11,16H,9-10H2,1-2H3,(H,23,27)(H,25,28)/t16-/m0/s1. The van der Waals surface area contributed by atoms with E-state index in [2.05, 4.69) is 14.8 Å². The average molecular weight is 413 g/mol. The van der Waals surface area contributed by atoms with Crippen molar-refractivity contribution >= 4 is 11.7 Å². The summed E-state index contributed by atoms with van der Waals surface area (Å²) in [7, 11) is 1.52. The third-order valence-electron chi connectivity index (χ3n) is 4.41. The summed E-state index contributed by atoms with van der Waals surface area (Å²) < 4.78 is 23.6. The summed E-state index contributed by atoms with van der Waals surface area (Å²) in [6, 6.07) is 11.0. The molecule has 9 heteroatoms. The van der Waals surface area contributed by atoms with Gasteiger partial charge in [-0.1, -0.05) is 24.3 Å². The number of aromatic amines is 1. The van der Waals surface area contributed by atoms with Crippen molar-refractivity contribution in [2.75, 3.05) is 7.11 Å². The molecule has 1 heterocycles. The Bertz CT molecular complexity index is 1100. The number of hydrogen-bond donors (Lipinski definition) is 2. The molecule has 0 aliphatic carbocycles. The Hall–Kier alpha value is -3.75. The van der Waals surface area contributed by atoms with Crippen LogP contribution in [0.15, 0.2) is 51.7 Å². The fraction of sp³-hybridized carbons (Fsp3) is 0.238. The summed E-state index contributed by atoms with van der Waals surface area (Å²) in [4.78, 5) is 34.8. The molecule has 0 radical (unpaired) electrons. The molecular weight excluding hydrogens is 393 g/mol. The quantitative estimate of drug-likeness (QED) is 0.586. The van der Waals surface area contributed by atoms with Crippen LogP contribution in [0.1, 0.15) is 29.6 Å². The molecule has 30 heavy (non-hydrogen) atoms. The highest BCUT2D eigenvalue weighted by Crippen LogP contribution is 2.30. The molecule has 0 saturated heterocycles. The van der Waals surface area contributed by atoms with E-state index in [0.29, 0.717) is 17.7 Å². The first-order valence-electron chi connectivity index (χ1n) is 9.14. The number of ketones is 1. The zero-order chi connectivity index (χ0) is 21.7. The number of hydrogen-bond acceptors (Lipinski definition) is 6. The summed E-state index contributed by atoms with van der Waals surface area (Å²) in [5.41, 5.74) is 2.23. The van der Waals surface area contributed by atoms with Gasteiger partial charge in [0.25, 0.3) is 0 Å². The van der Waals surface area contributed by atoms with Crippen molar-refractivity contribution in [3.8, 4) is 16.9 Å². The number of Topliss-reactive ketones (excluding diaryl/α,β-unsaturated/α-hetero) is 1. The SMILES string of the molecule is COc1ccc(F)cc1-c1ccc(C[C@H](CC(C)=O)NC(=O)c2n[nH]c(=O)o2)cc1. The first kappa shape index (κ1) is 21.0. The Kier molecular flexibility index (Phi) is 6.41. The number of carbonyl (C=O) groups excluding carboxylic acids is 2. The highest BCUT2D eigenvalue weighted by molar-refractivity contribution is 5.90. The minimum Gasteiger partial charge on any atom is -0.496 e. The number of methoxy groups -OCH3 is 1. The topological polar surface area (TPSA) is 114 Å². The van der Waals surface area contributed by atoms with Crippen LogP contribution in [0.3, 0.4) is 0 Å². The Morgan fingerprint density at radius 2 is 1.97 bits per heavy atom. The van der Waals surface area contributed by atoms with Gasteiger partial charge in [-0.15, -0.1) is 5.10 Å². The van der Waals surface area contributed by atoms with Gasteiger partial charge in [0, 0.05) is 18.0 Å². The molecular formula is C21H20FN3O5. The lowest BCUT2D eigenvalue weighted by molar-refractivity contribution is -0.117. The summed E-state index contributed by atoms with van der Waals surface area (Å²) in [5.74, 6) is -1.87. The molecule has 0 saturated carbocycles. The number of rotatable bonds is 8. The van der Waals surface area contributed by atoms with Crippen molar-refractivity contribution < 1.29 is 23.1 Å². The second-order valence-corrected chi connectivity index (χ2v) is 6.74. The second-order valence-electron chi connectivity index (χ2n) is 6.74. The lowest BCUT2D eigenvalue weighted by Crippen LogP contribution is -2.38. The van der Waals surface area contributed by atoms with E-state index in [-0.39, 0.29) is 18.0 Å². The van der Waals surface area contributed by atoms with Crippen LogP contribution in [0.2, 0.25) is 0 Å². The first-order valence-corrected chi connectivity index (χ1v) is 9.14. The minimum atomic E-state index is -0.841. The van der Waals surface area contributed by atoms with E-state index < -0.39 is 23.6 Å². The smallest absolute Gasteiger partial charge is 0.434 e. The molecule has 0 aliphatic heterocycles. The van der Waals surface area contributed by atoms with Gasteiger partial charge in [0.1, 0.15) is 17.3 Å². The van der Waals surface area contributed by atoms with E-state index >= 15 is 0 Å². The Morgan fingerprint density at radius 1 is 1.23 bits per heavy atom. The van der Waals surface area contributed by atoms with Crippen LogP contribution in [0.4, 0.5) is 4.39 Å². The van der Waals surface area contributed by atoms with E-state index in [0.717, 1.165) is 11.1 Å². The molecule has 2 aromatic carbocycles. The van der Waals surface area contributed by atoms with Crippen LogP contribution in [0, 0.1) is 5.82 Å². The molecule has 3 aromatic rings. The molecule has 2 N–H and O–H groups in total. The molecule has 1 atom stereocenters. The molecule has 0 aliphatic rings. The lowest BCUT2D eigenvalue weighted by Gasteiger charge is -2.17. The van der Waals surface area contributed by atoms with E-state index in [1.165, 1.54) is 26.2 Å². The molecule has 0 bridgehead atoms. The predicted molar refractivity (Wildman–Crippen MR) is 106 cm³/mol. The van der Waals surface area contributed by atoms with Crippen LogP contribution in [0.25, 0.3) is 11.1 Å². The first-order chi connectivity index (χ1) is 14.4. The maximum atomic E-state index is 13.6. The summed E-state index contributed by atoms with van der Waals surface area (Å²) in [6.07, 6.45) is 0.459. The highest BCUT2D eigenvalue weighted by Gasteiger charge is 2.20. The minimum absolute atomic E-state index is 0.0971. The summed E-state index contributed by atoms with van der Waals surface area (Å²) in [5, 5.41) is 8.15. The molecule has 1 aromatic heterocycles. The Morgan fingerprint density at radius 3 is 2.57 bits per heavy atom. The maximum absolute atomic E-state index is 13.6. The number of carbonyl (C=O) groups is 2. The van der Waals surface area contributed by atoms with E-state index in [1.807, 2.05) is 29.4 Å². The highest BCUT2D eigenvalue weighted by atomic mass is 19.1. The normalized spacial score (nSPS) is 11.7. The molecule has 0 spiro atoms. The van der Waals surface area contributed by atoms with Crippen LogP contribution in [0.5, 0.6) is 5.75 Å². The van der Waals surface area contributed by atoms with Crippen molar-refractivity contribution in [3.63, 3.8) is 0 Å². The monoisotopic (exact) mass is 413 g/mol. The number of aromatic nitrogens is 2. The third kappa shape index (κ3) is 5.19. The fourth-order valence-electron chi connectivity index (χ4n) is 3.11. The number of ether oxygens (including phenoxy) is 1. The Labute approximate surface area is 171 Å². The number of H-pyrrole nitrogens is 1. The molecule has 1 amide bonds. The van der Waals surface area contributed by atoms with Gasteiger partial charge < -0.3 is 14.5 Å². The number of benzene rings is 2.